The quantitative estimate of drug-likeness (QED) is 0.369. The van der Waals surface area contributed by atoms with E-state index in [1.807, 2.05) is 0 Å². The van der Waals surface area contributed by atoms with Crippen LogP contribution < -0.4 is 5.73 Å². The average molecular weight is 471 g/mol. The van der Waals surface area contributed by atoms with Gasteiger partial charge < -0.3 is 24.7 Å². The summed E-state index contributed by atoms with van der Waals surface area (Å²) in [5, 5.41) is 0.309. The second kappa shape index (κ2) is 13.3. The van der Waals surface area contributed by atoms with Gasteiger partial charge in [-0.05, 0) is 18.6 Å². The normalized spacial score (nSPS) is 18.3. The number of nitrogens with two attached hydrogens (primary N) is 1. The highest BCUT2D eigenvalue weighted by atomic mass is 35.5. The summed E-state index contributed by atoms with van der Waals surface area (Å²) in [6, 6.07) is 6.72. The Bertz CT molecular complexity index is 861. The summed E-state index contributed by atoms with van der Waals surface area (Å²) in [7, 11) is 1.19. The number of halogens is 2. The van der Waals surface area contributed by atoms with E-state index < -0.39 is 30.4 Å². The van der Waals surface area contributed by atoms with E-state index in [2.05, 4.69) is 4.99 Å². The lowest BCUT2D eigenvalue weighted by molar-refractivity contribution is -0.144. The predicted octanol–water partition coefficient (Wildman–Crippen LogP) is 2.45. The molecule has 0 aromatic heterocycles. The molecule has 0 saturated carbocycles. The maximum absolute atomic E-state index is 14.0. The third kappa shape index (κ3) is 6.35. The molecule has 2 N–H and O–H groups in total. The van der Waals surface area contributed by atoms with Crippen molar-refractivity contribution in [3.63, 3.8) is 0 Å². The second-order valence-corrected chi connectivity index (χ2v) is 7.18. The number of nitrogens with zero attached hydrogens (tertiary/aromatic N) is 1. The number of rotatable bonds is 12. The Morgan fingerprint density at radius 1 is 1.19 bits per heavy atom. The number of hydrogen-bond acceptors (Lipinski definition) is 8. The van der Waals surface area contributed by atoms with Gasteiger partial charge >= 0.3 is 11.9 Å². The molecular formula is C22H28ClFN2O6. The van der Waals surface area contributed by atoms with Crippen LogP contribution in [0.25, 0.3) is 0 Å². The molecule has 0 amide bonds. The van der Waals surface area contributed by atoms with Crippen LogP contribution in [0.4, 0.5) is 4.39 Å². The van der Waals surface area contributed by atoms with Crippen molar-refractivity contribution >= 4 is 29.3 Å². The molecule has 1 aromatic carbocycles. The van der Waals surface area contributed by atoms with Crippen molar-refractivity contribution in [2.45, 2.75) is 12.8 Å². The van der Waals surface area contributed by atoms with Gasteiger partial charge in [0.25, 0.3) is 0 Å². The van der Waals surface area contributed by atoms with Crippen LogP contribution in [0.15, 0.2) is 40.5 Å². The number of carbonyl (C=O) groups excluding carboxylic acids is 2. The van der Waals surface area contributed by atoms with Gasteiger partial charge in [0, 0.05) is 17.5 Å². The van der Waals surface area contributed by atoms with Crippen LogP contribution in [0.1, 0.15) is 18.4 Å². The number of hydrogen-bond donors (Lipinski definition) is 1. The van der Waals surface area contributed by atoms with Crippen molar-refractivity contribution in [3.8, 4) is 0 Å². The third-order valence-corrected chi connectivity index (χ3v) is 5.14. The monoisotopic (exact) mass is 470 g/mol. The van der Waals surface area contributed by atoms with Crippen LogP contribution >= 0.6 is 11.6 Å². The standard InChI is InChI=1S/C22H28ClFN2O6/c1-3-32-22(28)20-17(13-31-11-10-30-9-8-25)26-16(12-24)19(21(27)29-2)18(20)14-6-4-5-7-15(14)23/h4-7,18-19H,3,8-13,25H2,1-2H3. The molecule has 2 unspecified atom stereocenters. The molecule has 0 fully saturated rings. The first kappa shape index (κ1) is 25.9. The SMILES string of the molecule is CCOC(=O)C1=C(COCCOCCN)N=C(CF)C(C(=O)OC)C1c1ccccc1Cl. The molecule has 0 aliphatic carbocycles. The van der Waals surface area contributed by atoms with Gasteiger partial charge in [-0.25, -0.2) is 9.18 Å². The van der Waals surface area contributed by atoms with E-state index in [0.29, 0.717) is 23.7 Å². The maximum Gasteiger partial charge on any atom is 0.336 e. The van der Waals surface area contributed by atoms with E-state index in [1.54, 1.807) is 31.2 Å². The summed E-state index contributed by atoms with van der Waals surface area (Å²) in [5.74, 6) is -3.55. The van der Waals surface area contributed by atoms with Gasteiger partial charge in [0.2, 0.25) is 0 Å². The molecular weight excluding hydrogens is 443 g/mol. The van der Waals surface area contributed by atoms with Gasteiger partial charge in [0.1, 0.15) is 12.6 Å². The zero-order chi connectivity index (χ0) is 23.5. The topological polar surface area (TPSA) is 109 Å². The summed E-state index contributed by atoms with van der Waals surface area (Å²) in [6.07, 6.45) is 0. The minimum Gasteiger partial charge on any atom is -0.468 e. The Morgan fingerprint density at radius 2 is 1.91 bits per heavy atom. The number of ether oxygens (including phenoxy) is 4. The number of alkyl halides is 1. The first-order chi connectivity index (χ1) is 15.5. The number of methoxy groups -OCH3 is 1. The van der Waals surface area contributed by atoms with Crippen molar-refractivity contribution in [3.05, 3.63) is 46.1 Å². The highest BCUT2D eigenvalue weighted by Gasteiger charge is 2.45. The van der Waals surface area contributed by atoms with Crippen LogP contribution in [0.5, 0.6) is 0 Å². The zero-order valence-corrected chi connectivity index (χ0v) is 18.9. The fraction of sp³-hybridized carbons (Fsp3) is 0.500. The number of esters is 2. The summed E-state index contributed by atoms with van der Waals surface area (Å²) >= 11 is 6.41. The fourth-order valence-electron chi connectivity index (χ4n) is 3.45. The van der Waals surface area contributed by atoms with Crippen molar-refractivity contribution in [2.75, 3.05) is 53.4 Å². The molecule has 2 atom stereocenters. The minimum atomic E-state index is -1.18. The van der Waals surface area contributed by atoms with Crippen molar-refractivity contribution in [2.24, 2.45) is 16.6 Å². The molecule has 1 aliphatic rings. The van der Waals surface area contributed by atoms with Crippen LogP contribution in [0.2, 0.25) is 5.02 Å². The molecule has 1 aliphatic heterocycles. The predicted molar refractivity (Wildman–Crippen MR) is 117 cm³/mol. The fourth-order valence-corrected chi connectivity index (χ4v) is 3.71. The first-order valence-corrected chi connectivity index (χ1v) is 10.6. The molecule has 0 saturated heterocycles. The number of carbonyl (C=O) groups is 2. The van der Waals surface area contributed by atoms with Crippen LogP contribution in [0.3, 0.4) is 0 Å². The van der Waals surface area contributed by atoms with Gasteiger partial charge in [-0.15, -0.1) is 0 Å². The van der Waals surface area contributed by atoms with Crippen molar-refractivity contribution in [1.29, 1.82) is 0 Å². The van der Waals surface area contributed by atoms with Gasteiger partial charge in [0.15, 0.2) is 0 Å². The molecule has 10 heteroatoms. The molecule has 0 radical (unpaired) electrons. The molecule has 176 valence electrons. The Kier molecular flexibility index (Phi) is 10.8. The van der Waals surface area contributed by atoms with Gasteiger partial charge in [-0.1, -0.05) is 29.8 Å². The van der Waals surface area contributed by atoms with Crippen LogP contribution in [-0.4, -0.2) is 71.0 Å². The Labute approximate surface area is 191 Å². The lowest BCUT2D eigenvalue weighted by Crippen LogP contribution is -2.39. The minimum absolute atomic E-state index is 0.0761. The second-order valence-electron chi connectivity index (χ2n) is 6.77. The van der Waals surface area contributed by atoms with E-state index in [9.17, 15) is 14.0 Å². The summed E-state index contributed by atoms with van der Waals surface area (Å²) in [4.78, 5) is 29.9. The number of benzene rings is 1. The Balaban J connectivity index is 2.54. The maximum atomic E-state index is 14.0. The van der Waals surface area contributed by atoms with Crippen molar-refractivity contribution < 1.29 is 32.9 Å². The zero-order valence-electron chi connectivity index (χ0n) is 18.1. The molecule has 0 spiro atoms. The van der Waals surface area contributed by atoms with E-state index in [1.165, 1.54) is 7.11 Å². The summed E-state index contributed by atoms with van der Waals surface area (Å²) < 4.78 is 35.0. The largest absolute Gasteiger partial charge is 0.468 e. The van der Waals surface area contributed by atoms with E-state index >= 15 is 0 Å². The highest BCUT2D eigenvalue weighted by Crippen LogP contribution is 2.42. The third-order valence-electron chi connectivity index (χ3n) is 4.79. The van der Waals surface area contributed by atoms with E-state index in [0.717, 1.165) is 0 Å². The summed E-state index contributed by atoms with van der Waals surface area (Å²) in [6.45, 7) is 1.90. The first-order valence-electron chi connectivity index (χ1n) is 10.2. The Morgan fingerprint density at radius 3 is 2.53 bits per heavy atom. The van der Waals surface area contributed by atoms with E-state index in [4.69, 9.17) is 36.3 Å². The van der Waals surface area contributed by atoms with Crippen molar-refractivity contribution in [1.82, 2.24) is 0 Å². The molecule has 2 rings (SSSR count). The Hall–Kier alpha value is -2.33. The van der Waals surface area contributed by atoms with E-state index in [-0.39, 0.29) is 43.4 Å². The van der Waals surface area contributed by atoms with Crippen LogP contribution in [0, 0.1) is 5.92 Å². The van der Waals surface area contributed by atoms with Gasteiger partial charge in [-0.2, -0.15) is 0 Å². The average Bonchev–Trinajstić information content (AvgIpc) is 2.80. The molecule has 1 heterocycles. The highest BCUT2D eigenvalue weighted by molar-refractivity contribution is 6.31. The lowest BCUT2D eigenvalue weighted by Gasteiger charge is -2.32. The molecule has 8 nitrogen and oxygen atoms in total. The van der Waals surface area contributed by atoms with Gasteiger partial charge in [0.05, 0.1) is 57.1 Å². The lowest BCUT2D eigenvalue weighted by atomic mass is 9.75. The molecule has 0 bridgehead atoms. The molecule has 32 heavy (non-hydrogen) atoms. The van der Waals surface area contributed by atoms with Crippen LogP contribution in [-0.2, 0) is 28.5 Å². The molecule has 1 aromatic rings. The van der Waals surface area contributed by atoms with Gasteiger partial charge in [-0.3, -0.25) is 9.79 Å². The number of aliphatic imine (C=N–C) groups is 1. The smallest absolute Gasteiger partial charge is 0.336 e. The summed E-state index contributed by atoms with van der Waals surface area (Å²) in [5.41, 5.74) is 6.00.